The standard InChI is InChI=1S/C18H21ClN2O3/c1-13-7-8-16(17(11-13)24-10-9-23-2)21-18(22)20-12-14-5-3-4-6-15(14)19/h3-8,11H,9-10,12H2,1-2H3,(H2,20,21,22). The van der Waals surface area contributed by atoms with Crippen molar-refractivity contribution in [1.29, 1.82) is 0 Å². The highest BCUT2D eigenvalue weighted by Crippen LogP contribution is 2.25. The number of methoxy groups -OCH3 is 1. The molecule has 2 amide bonds. The van der Waals surface area contributed by atoms with Gasteiger partial charge < -0.3 is 20.1 Å². The van der Waals surface area contributed by atoms with E-state index in [0.717, 1.165) is 11.1 Å². The van der Waals surface area contributed by atoms with Crippen LogP contribution < -0.4 is 15.4 Å². The normalized spacial score (nSPS) is 10.3. The van der Waals surface area contributed by atoms with Crippen molar-refractivity contribution in [3.63, 3.8) is 0 Å². The van der Waals surface area contributed by atoms with Crippen molar-refractivity contribution >= 4 is 23.3 Å². The maximum absolute atomic E-state index is 12.1. The Morgan fingerprint density at radius 2 is 1.96 bits per heavy atom. The van der Waals surface area contributed by atoms with Crippen molar-refractivity contribution in [1.82, 2.24) is 5.32 Å². The van der Waals surface area contributed by atoms with Gasteiger partial charge in [0.2, 0.25) is 0 Å². The fraction of sp³-hybridized carbons (Fsp3) is 0.278. The summed E-state index contributed by atoms with van der Waals surface area (Å²) < 4.78 is 10.6. The molecule has 0 saturated carbocycles. The van der Waals surface area contributed by atoms with Crippen LogP contribution in [0.4, 0.5) is 10.5 Å². The van der Waals surface area contributed by atoms with Crippen LogP contribution in [0.2, 0.25) is 5.02 Å². The number of amides is 2. The van der Waals surface area contributed by atoms with Gasteiger partial charge in [0.05, 0.1) is 12.3 Å². The van der Waals surface area contributed by atoms with Crippen LogP contribution in [0.15, 0.2) is 42.5 Å². The highest BCUT2D eigenvalue weighted by Gasteiger charge is 2.09. The van der Waals surface area contributed by atoms with Gasteiger partial charge >= 0.3 is 6.03 Å². The van der Waals surface area contributed by atoms with Gasteiger partial charge in [-0.25, -0.2) is 4.79 Å². The Hall–Kier alpha value is -2.24. The molecule has 0 bridgehead atoms. The monoisotopic (exact) mass is 348 g/mol. The van der Waals surface area contributed by atoms with Gasteiger partial charge in [-0.1, -0.05) is 35.9 Å². The van der Waals surface area contributed by atoms with E-state index in [9.17, 15) is 4.79 Å². The topological polar surface area (TPSA) is 59.6 Å². The Bertz CT molecular complexity index is 692. The molecule has 0 heterocycles. The molecular weight excluding hydrogens is 328 g/mol. The summed E-state index contributed by atoms with van der Waals surface area (Å²) in [5.74, 6) is 0.611. The zero-order chi connectivity index (χ0) is 17.4. The van der Waals surface area contributed by atoms with Gasteiger partial charge in [0.1, 0.15) is 12.4 Å². The summed E-state index contributed by atoms with van der Waals surface area (Å²) in [5.41, 5.74) is 2.51. The third-order valence-corrected chi connectivity index (χ3v) is 3.70. The molecule has 2 N–H and O–H groups in total. The zero-order valence-electron chi connectivity index (χ0n) is 13.8. The van der Waals surface area contributed by atoms with Crippen molar-refractivity contribution in [3.8, 4) is 5.75 Å². The SMILES string of the molecule is COCCOc1cc(C)ccc1NC(=O)NCc1ccccc1Cl. The largest absolute Gasteiger partial charge is 0.489 e. The molecule has 0 atom stereocenters. The van der Waals surface area contributed by atoms with E-state index >= 15 is 0 Å². The third-order valence-electron chi connectivity index (χ3n) is 3.33. The summed E-state index contributed by atoms with van der Waals surface area (Å²) in [5, 5.41) is 6.20. The predicted octanol–water partition coefficient (Wildman–Crippen LogP) is 4.00. The van der Waals surface area contributed by atoms with Crippen LogP contribution in [0.1, 0.15) is 11.1 Å². The Labute approximate surface area is 146 Å². The van der Waals surface area contributed by atoms with E-state index in [1.54, 1.807) is 13.2 Å². The van der Waals surface area contributed by atoms with E-state index in [1.165, 1.54) is 0 Å². The lowest BCUT2D eigenvalue weighted by Crippen LogP contribution is -2.28. The number of hydrogen-bond donors (Lipinski definition) is 2. The van der Waals surface area contributed by atoms with E-state index in [4.69, 9.17) is 21.1 Å². The van der Waals surface area contributed by atoms with Gasteiger partial charge in [0, 0.05) is 18.7 Å². The van der Waals surface area contributed by atoms with Crippen LogP contribution in [-0.2, 0) is 11.3 Å². The molecular formula is C18H21ClN2O3. The molecule has 6 heteroatoms. The molecule has 0 spiro atoms. The molecule has 0 unspecified atom stereocenters. The van der Waals surface area contributed by atoms with E-state index in [1.807, 2.05) is 43.3 Å². The second-order valence-electron chi connectivity index (χ2n) is 5.24. The Morgan fingerprint density at radius 1 is 1.17 bits per heavy atom. The summed E-state index contributed by atoms with van der Waals surface area (Å²) in [6.45, 7) is 3.20. The highest BCUT2D eigenvalue weighted by atomic mass is 35.5. The van der Waals surface area contributed by atoms with Crippen molar-refractivity contribution < 1.29 is 14.3 Å². The van der Waals surface area contributed by atoms with Crippen LogP contribution in [-0.4, -0.2) is 26.4 Å². The first kappa shape index (κ1) is 18.1. The number of urea groups is 1. The highest BCUT2D eigenvalue weighted by molar-refractivity contribution is 6.31. The average molecular weight is 349 g/mol. The number of benzene rings is 2. The van der Waals surface area contributed by atoms with E-state index in [-0.39, 0.29) is 6.03 Å². The third kappa shape index (κ3) is 5.44. The van der Waals surface area contributed by atoms with Gasteiger partial charge in [0.25, 0.3) is 0 Å². The van der Waals surface area contributed by atoms with Gasteiger partial charge in [-0.05, 0) is 36.2 Å². The molecule has 2 rings (SSSR count). The number of aryl methyl sites for hydroxylation is 1. The molecule has 24 heavy (non-hydrogen) atoms. The van der Waals surface area contributed by atoms with E-state index in [0.29, 0.717) is 36.2 Å². The molecule has 0 aliphatic rings. The van der Waals surface area contributed by atoms with Crippen molar-refractivity contribution in [3.05, 3.63) is 58.6 Å². The van der Waals surface area contributed by atoms with Crippen LogP contribution in [0.25, 0.3) is 0 Å². The fourth-order valence-electron chi connectivity index (χ4n) is 2.07. The van der Waals surface area contributed by atoms with Crippen LogP contribution >= 0.6 is 11.6 Å². The molecule has 0 saturated heterocycles. The average Bonchev–Trinajstić information content (AvgIpc) is 2.57. The molecule has 2 aromatic rings. The number of rotatable bonds is 7. The maximum Gasteiger partial charge on any atom is 0.319 e. The number of nitrogens with one attached hydrogen (secondary N) is 2. The lowest BCUT2D eigenvalue weighted by molar-refractivity contribution is 0.146. The quantitative estimate of drug-likeness (QED) is 0.744. The first-order valence-electron chi connectivity index (χ1n) is 7.61. The van der Waals surface area contributed by atoms with Crippen molar-refractivity contribution in [2.75, 3.05) is 25.6 Å². The Balaban J connectivity index is 1.96. The number of anilines is 1. The van der Waals surface area contributed by atoms with E-state index in [2.05, 4.69) is 10.6 Å². The fourth-order valence-corrected chi connectivity index (χ4v) is 2.27. The number of ether oxygens (including phenoxy) is 2. The molecule has 0 aromatic heterocycles. The summed E-state index contributed by atoms with van der Waals surface area (Å²) in [6, 6.07) is 12.7. The summed E-state index contributed by atoms with van der Waals surface area (Å²) in [6.07, 6.45) is 0. The van der Waals surface area contributed by atoms with Gasteiger partial charge in [0.15, 0.2) is 0 Å². The first-order chi connectivity index (χ1) is 11.6. The second kappa shape index (κ2) is 9.15. The van der Waals surface area contributed by atoms with Crippen molar-refractivity contribution in [2.45, 2.75) is 13.5 Å². The molecule has 0 aliphatic heterocycles. The first-order valence-corrected chi connectivity index (χ1v) is 7.98. The lowest BCUT2D eigenvalue weighted by atomic mass is 10.2. The molecule has 0 fully saturated rings. The number of carbonyl (C=O) groups is 1. The van der Waals surface area contributed by atoms with Gasteiger partial charge in [-0.2, -0.15) is 0 Å². The number of carbonyl (C=O) groups excluding carboxylic acids is 1. The smallest absolute Gasteiger partial charge is 0.319 e. The number of hydrogen-bond acceptors (Lipinski definition) is 3. The molecule has 128 valence electrons. The summed E-state index contributed by atoms with van der Waals surface area (Å²) >= 11 is 6.08. The lowest BCUT2D eigenvalue weighted by Gasteiger charge is -2.14. The minimum absolute atomic E-state index is 0.324. The minimum atomic E-state index is -0.324. The Morgan fingerprint density at radius 3 is 2.71 bits per heavy atom. The minimum Gasteiger partial charge on any atom is -0.489 e. The molecule has 0 aliphatic carbocycles. The second-order valence-corrected chi connectivity index (χ2v) is 5.65. The molecule has 0 radical (unpaired) electrons. The number of halogens is 1. The van der Waals surface area contributed by atoms with Gasteiger partial charge in [-0.15, -0.1) is 0 Å². The van der Waals surface area contributed by atoms with E-state index < -0.39 is 0 Å². The van der Waals surface area contributed by atoms with Crippen LogP contribution in [0.5, 0.6) is 5.75 Å². The molecule has 2 aromatic carbocycles. The van der Waals surface area contributed by atoms with Crippen molar-refractivity contribution in [2.24, 2.45) is 0 Å². The summed E-state index contributed by atoms with van der Waals surface area (Å²) in [7, 11) is 1.61. The van der Waals surface area contributed by atoms with Gasteiger partial charge in [-0.3, -0.25) is 0 Å². The Kier molecular flexibility index (Phi) is 6.90. The predicted molar refractivity (Wildman–Crippen MR) is 95.9 cm³/mol. The zero-order valence-corrected chi connectivity index (χ0v) is 14.5. The van der Waals surface area contributed by atoms with Crippen LogP contribution in [0, 0.1) is 6.92 Å². The van der Waals surface area contributed by atoms with Crippen LogP contribution in [0.3, 0.4) is 0 Å². The molecule has 5 nitrogen and oxygen atoms in total. The maximum atomic E-state index is 12.1. The summed E-state index contributed by atoms with van der Waals surface area (Å²) in [4.78, 5) is 12.1.